The molecule has 0 saturated carbocycles. The second-order valence-corrected chi connectivity index (χ2v) is 19.9. The summed E-state index contributed by atoms with van der Waals surface area (Å²) in [6.07, 6.45) is 11.5. The Morgan fingerprint density at radius 1 is 0.730 bits per heavy atom. The molecule has 0 radical (unpaired) electrons. The highest BCUT2D eigenvalue weighted by atomic mass is 16.3. The summed E-state index contributed by atoms with van der Waals surface area (Å²) in [5.41, 5.74) is 16.7. The van der Waals surface area contributed by atoms with Gasteiger partial charge in [-0.15, -0.1) is 0 Å². The van der Waals surface area contributed by atoms with Crippen LogP contribution in [-0.4, -0.2) is 4.57 Å². The van der Waals surface area contributed by atoms with Gasteiger partial charge in [-0.3, -0.25) is 0 Å². The number of imidazole rings is 1. The molecular weight excluding hydrogens is 767 g/mol. The van der Waals surface area contributed by atoms with Gasteiger partial charge in [0, 0.05) is 51.4 Å². The van der Waals surface area contributed by atoms with Gasteiger partial charge in [0.1, 0.15) is 22.4 Å². The van der Waals surface area contributed by atoms with Crippen molar-refractivity contribution < 1.29 is 13.6 Å². The van der Waals surface area contributed by atoms with Gasteiger partial charge in [-0.1, -0.05) is 147 Å². The molecule has 2 aliphatic heterocycles. The normalized spacial score (nSPS) is 19.6. The molecule has 5 heterocycles. The molecule has 0 amide bonds. The van der Waals surface area contributed by atoms with Crippen molar-refractivity contribution in [2.45, 2.75) is 148 Å². The lowest BCUT2D eigenvalue weighted by Crippen LogP contribution is -2.68. The highest BCUT2D eigenvalue weighted by molar-refractivity contribution is 6.10. The molecule has 322 valence electrons. The third-order valence-corrected chi connectivity index (χ3v) is 16.1. The number of hydrogen-bond acceptors (Lipinski definition) is 1. The van der Waals surface area contributed by atoms with Gasteiger partial charge in [0.15, 0.2) is 23.3 Å². The fourth-order valence-corrected chi connectivity index (χ4v) is 12.5. The van der Waals surface area contributed by atoms with Crippen molar-refractivity contribution in [2.75, 3.05) is 0 Å². The van der Waals surface area contributed by atoms with E-state index >= 15 is 0 Å². The van der Waals surface area contributed by atoms with Crippen LogP contribution in [0.2, 0.25) is 0 Å². The second kappa shape index (κ2) is 15.9. The number of benzene rings is 5. The molecule has 0 N–H and O–H groups in total. The predicted octanol–water partition coefficient (Wildman–Crippen LogP) is 15.5. The Kier molecular flexibility index (Phi) is 10.5. The van der Waals surface area contributed by atoms with Gasteiger partial charge in [-0.05, 0) is 91.8 Å². The van der Waals surface area contributed by atoms with Gasteiger partial charge in [-0.25, -0.2) is 4.57 Å². The van der Waals surface area contributed by atoms with Crippen LogP contribution in [0.15, 0.2) is 126 Å². The number of rotatable bonds is 13. The van der Waals surface area contributed by atoms with Crippen molar-refractivity contribution in [3.63, 3.8) is 0 Å². The first-order valence-electron chi connectivity index (χ1n) is 24.4. The van der Waals surface area contributed by atoms with Crippen molar-refractivity contribution in [3.05, 3.63) is 149 Å². The largest absolute Gasteiger partial charge is 0.455 e. The number of hydrogen-bond donors (Lipinski definition) is 0. The molecule has 2 aliphatic rings. The number of fused-ring (bicyclic) bond motifs is 12. The van der Waals surface area contributed by atoms with Crippen molar-refractivity contribution in [3.8, 4) is 28.3 Å². The van der Waals surface area contributed by atoms with E-state index in [0.29, 0.717) is 17.8 Å². The van der Waals surface area contributed by atoms with E-state index < -0.39 is 0 Å². The quantitative estimate of drug-likeness (QED) is 0.0839. The van der Waals surface area contributed by atoms with Gasteiger partial charge >= 0.3 is 0 Å². The number of nitrogens with zero attached hydrogens (tertiary/aromatic N) is 3. The number of para-hydroxylation sites is 4. The van der Waals surface area contributed by atoms with E-state index in [4.69, 9.17) is 4.42 Å². The third-order valence-electron chi connectivity index (χ3n) is 16.1. The van der Waals surface area contributed by atoms with E-state index in [-0.39, 0.29) is 17.0 Å². The molecule has 0 spiro atoms. The second-order valence-electron chi connectivity index (χ2n) is 19.9. The average molecular weight is 834 g/mol. The molecule has 8 aromatic rings. The summed E-state index contributed by atoms with van der Waals surface area (Å²) in [4.78, 5) is 0. The van der Waals surface area contributed by atoms with Crippen LogP contribution in [-0.2, 0) is 11.0 Å². The van der Waals surface area contributed by atoms with Crippen LogP contribution in [0.5, 0.6) is 0 Å². The van der Waals surface area contributed by atoms with Gasteiger partial charge < -0.3 is 4.42 Å². The standard InChI is InChI=1S/C59H67N3O/c1-10-13-14-22-40(8)43-26-21-25-42(39(6)7)55(43)61-50-28-18-19-29-51(50)62-57(61)46-24-15-17-27-48(46)59(12-3,58(62,9)11-2)35-33-49-47-32-31-45-44-23-16-20-30-53(44)63-56(45)54(47)52-37-41(38(4)5)34-36-60(49)52/h15-21,23-32,34,36-40,49H,10-14,22,33,35H2,1-9H3/q+2. The zero-order chi connectivity index (χ0) is 43.8. The Morgan fingerprint density at radius 3 is 2.27 bits per heavy atom. The van der Waals surface area contributed by atoms with E-state index in [9.17, 15) is 0 Å². The van der Waals surface area contributed by atoms with Crippen molar-refractivity contribution in [1.29, 1.82) is 0 Å². The Labute approximate surface area is 375 Å². The number of unbranched alkanes of at least 4 members (excludes halogenated alkanes) is 2. The van der Waals surface area contributed by atoms with E-state index in [2.05, 4.69) is 197 Å². The SMILES string of the molecule is CCCCCC(C)c1cccc(C(C)C)c1-n1c2[n+](c3ccccc31)C(C)(CC)C(CC)(CCC1c3ccc4c(oc5ccccc54)c3-c3cc(C(C)C)cc[n+]31)c1ccccc1-2. The first kappa shape index (κ1) is 41.5. The van der Waals surface area contributed by atoms with Crippen molar-refractivity contribution in [2.24, 2.45) is 0 Å². The molecule has 3 aromatic heterocycles. The van der Waals surface area contributed by atoms with E-state index in [1.165, 1.54) is 104 Å². The minimum atomic E-state index is -0.227. The van der Waals surface area contributed by atoms with Crippen LogP contribution in [0, 0.1) is 0 Å². The Bertz CT molecular complexity index is 3020. The van der Waals surface area contributed by atoms with E-state index in [1.54, 1.807) is 0 Å². The first-order valence-corrected chi connectivity index (χ1v) is 24.4. The van der Waals surface area contributed by atoms with Crippen LogP contribution in [0.3, 0.4) is 0 Å². The third kappa shape index (κ3) is 6.13. The van der Waals surface area contributed by atoms with Crippen molar-refractivity contribution in [1.82, 2.24) is 4.57 Å². The maximum Gasteiger partial charge on any atom is 0.295 e. The minimum Gasteiger partial charge on any atom is -0.455 e. The molecule has 0 aliphatic carbocycles. The smallest absolute Gasteiger partial charge is 0.295 e. The summed E-state index contributed by atoms with van der Waals surface area (Å²) < 4.78 is 14.9. The van der Waals surface area contributed by atoms with Gasteiger partial charge in [0.2, 0.25) is 5.69 Å². The summed E-state index contributed by atoms with van der Waals surface area (Å²) in [5, 5.41) is 2.39. The fourth-order valence-electron chi connectivity index (χ4n) is 12.5. The number of furan rings is 1. The van der Waals surface area contributed by atoms with Gasteiger partial charge in [0.05, 0.1) is 11.1 Å². The molecule has 4 nitrogen and oxygen atoms in total. The molecule has 0 fully saturated rings. The topological polar surface area (TPSA) is 25.8 Å². The summed E-state index contributed by atoms with van der Waals surface area (Å²) in [5.74, 6) is 2.59. The zero-order valence-electron chi connectivity index (χ0n) is 39.3. The molecule has 63 heavy (non-hydrogen) atoms. The Morgan fingerprint density at radius 2 is 1.49 bits per heavy atom. The lowest BCUT2D eigenvalue weighted by Gasteiger charge is -2.50. The number of pyridine rings is 1. The predicted molar refractivity (Wildman–Crippen MR) is 262 cm³/mol. The van der Waals surface area contributed by atoms with Crippen LogP contribution < -0.4 is 9.13 Å². The lowest BCUT2D eigenvalue weighted by molar-refractivity contribution is -0.744. The molecular formula is C59H67N3O+2. The molecule has 4 heteroatoms. The highest BCUT2D eigenvalue weighted by Gasteiger charge is 2.59. The summed E-state index contributed by atoms with van der Waals surface area (Å²) >= 11 is 0. The first-order chi connectivity index (χ1) is 30.6. The highest BCUT2D eigenvalue weighted by Crippen LogP contribution is 2.56. The Balaban J connectivity index is 1.17. The molecule has 5 aromatic carbocycles. The van der Waals surface area contributed by atoms with Crippen LogP contribution in [0.4, 0.5) is 0 Å². The minimum absolute atomic E-state index is 0.149. The molecule has 0 saturated heterocycles. The molecule has 10 rings (SSSR count). The maximum atomic E-state index is 6.80. The van der Waals surface area contributed by atoms with Gasteiger partial charge in [0.25, 0.3) is 5.82 Å². The monoisotopic (exact) mass is 834 g/mol. The Hall–Kier alpha value is -5.48. The molecule has 4 atom stereocenters. The van der Waals surface area contributed by atoms with Crippen LogP contribution in [0.25, 0.3) is 61.3 Å². The van der Waals surface area contributed by atoms with Gasteiger partial charge in [-0.2, -0.15) is 9.13 Å². The van der Waals surface area contributed by atoms with E-state index in [1.807, 2.05) is 0 Å². The summed E-state index contributed by atoms with van der Waals surface area (Å²) in [6, 6.07) is 44.3. The van der Waals surface area contributed by atoms with E-state index in [0.717, 1.165) is 36.8 Å². The van der Waals surface area contributed by atoms with Crippen molar-refractivity contribution >= 4 is 33.0 Å². The fraction of sp³-hybridized carbons (Fsp3) is 0.390. The molecule has 0 bridgehead atoms. The zero-order valence-corrected chi connectivity index (χ0v) is 39.3. The summed E-state index contributed by atoms with van der Waals surface area (Å²) in [7, 11) is 0. The average Bonchev–Trinajstić information content (AvgIpc) is 3.96. The molecule has 4 unspecified atom stereocenters. The van der Waals surface area contributed by atoms with Crippen LogP contribution >= 0.6 is 0 Å². The van der Waals surface area contributed by atoms with Crippen LogP contribution in [0.1, 0.15) is 165 Å². The maximum absolute atomic E-state index is 6.80. The summed E-state index contributed by atoms with van der Waals surface area (Å²) in [6.45, 7) is 21.7. The lowest BCUT2D eigenvalue weighted by atomic mass is 9.57. The number of aromatic nitrogens is 3.